The van der Waals surface area contributed by atoms with Crippen LogP contribution >= 0.6 is 0 Å². The van der Waals surface area contributed by atoms with Gasteiger partial charge in [0.1, 0.15) is 18.3 Å². The van der Waals surface area contributed by atoms with Crippen molar-refractivity contribution in [2.24, 2.45) is 0 Å². The van der Waals surface area contributed by atoms with E-state index in [1.165, 1.54) is 30.3 Å². The largest absolute Gasteiger partial charge is 0.494 e. The van der Waals surface area contributed by atoms with E-state index in [9.17, 15) is 24.8 Å². The maximum atomic E-state index is 12.1. The molecule has 0 saturated heterocycles. The first-order chi connectivity index (χ1) is 14.4. The van der Waals surface area contributed by atoms with Gasteiger partial charge in [0.05, 0.1) is 34.6 Å². The van der Waals surface area contributed by atoms with Crippen molar-refractivity contribution >= 4 is 17.6 Å². The normalized spacial score (nSPS) is 15.7. The van der Waals surface area contributed by atoms with Crippen LogP contribution in [0.2, 0.25) is 0 Å². The van der Waals surface area contributed by atoms with Crippen LogP contribution in [0.15, 0.2) is 53.1 Å². The molecule has 2 N–H and O–H groups in total. The Kier molecular flexibility index (Phi) is 7.91. The second kappa shape index (κ2) is 10.6. The second-order valence-corrected chi connectivity index (χ2v) is 6.42. The Morgan fingerprint density at radius 3 is 2.60 bits per heavy atom. The Morgan fingerprint density at radius 2 is 2.07 bits per heavy atom. The lowest BCUT2D eigenvalue weighted by atomic mass is 9.83. The molecule has 1 heterocycles. The van der Waals surface area contributed by atoms with Crippen molar-refractivity contribution in [1.82, 2.24) is 5.32 Å². The van der Waals surface area contributed by atoms with Crippen LogP contribution in [0.5, 0.6) is 0 Å². The first-order valence-electron chi connectivity index (χ1n) is 9.34. The van der Waals surface area contributed by atoms with Gasteiger partial charge >= 0.3 is 5.97 Å². The van der Waals surface area contributed by atoms with E-state index < -0.39 is 16.8 Å². The monoisotopic (exact) mass is 411 g/mol. The third-order valence-corrected chi connectivity index (χ3v) is 4.59. The fourth-order valence-corrected chi connectivity index (χ4v) is 3.27. The van der Waals surface area contributed by atoms with Crippen molar-refractivity contribution in [2.45, 2.75) is 38.5 Å². The summed E-state index contributed by atoms with van der Waals surface area (Å²) in [5, 5.41) is 32.9. The van der Waals surface area contributed by atoms with Crippen molar-refractivity contribution in [1.29, 1.82) is 5.26 Å². The van der Waals surface area contributed by atoms with Crippen LogP contribution in [-0.4, -0.2) is 28.5 Å². The number of allylic oxidation sites excluding steroid dienone is 4. The number of dihydropyridines is 1. The lowest BCUT2D eigenvalue weighted by molar-refractivity contribution is -0.384. The molecule has 0 radical (unpaired) electrons. The fraction of sp³-hybridized carbons (Fsp3) is 0.333. The average molecular weight is 411 g/mol. The van der Waals surface area contributed by atoms with Crippen LogP contribution in [0, 0.1) is 21.4 Å². The minimum absolute atomic E-state index is 0.0539. The topological polar surface area (TPSA) is 143 Å². The standard InChI is InChI=1S/C21H21N3O6/c1-2-16-19(21(26)27)18(14-7-9-15(10-8-14)24(28)29)20(30-13-5-11-22)17(23-16)6-3-4-12-25/h4,7-10,18,23H,2-3,5-6,13H2,1H3,(H,26,27). The van der Waals surface area contributed by atoms with Gasteiger partial charge in [-0.15, -0.1) is 0 Å². The maximum Gasteiger partial charge on any atom is 0.334 e. The number of carbonyl (C=O) groups is 1. The molecule has 0 fully saturated rings. The number of benzene rings is 1. The zero-order valence-corrected chi connectivity index (χ0v) is 16.4. The van der Waals surface area contributed by atoms with Gasteiger partial charge in [0, 0.05) is 23.9 Å². The lowest BCUT2D eigenvalue weighted by Gasteiger charge is -2.32. The van der Waals surface area contributed by atoms with E-state index in [1.54, 1.807) is 5.94 Å². The molecule has 1 atom stereocenters. The molecule has 9 nitrogen and oxygen atoms in total. The smallest absolute Gasteiger partial charge is 0.334 e. The number of nitrogens with zero attached hydrogens (tertiary/aromatic N) is 2. The summed E-state index contributed by atoms with van der Waals surface area (Å²) in [6, 6.07) is 7.60. The quantitative estimate of drug-likeness (QED) is 0.258. The number of aliphatic carboxylic acids is 1. The molecule has 30 heavy (non-hydrogen) atoms. The zero-order chi connectivity index (χ0) is 22.1. The van der Waals surface area contributed by atoms with Crippen LogP contribution in [0.25, 0.3) is 0 Å². The number of carbonyl (C=O) groups excluding carboxylic acids is 1. The van der Waals surface area contributed by atoms with Gasteiger partial charge in [-0.05, 0) is 24.8 Å². The summed E-state index contributed by atoms with van der Waals surface area (Å²) in [4.78, 5) is 33.1. The van der Waals surface area contributed by atoms with Crippen LogP contribution in [-0.2, 0) is 14.3 Å². The first kappa shape index (κ1) is 22.4. The molecule has 9 heteroatoms. The number of nitro groups is 1. The van der Waals surface area contributed by atoms with Crippen molar-refractivity contribution in [3.8, 4) is 6.07 Å². The van der Waals surface area contributed by atoms with Gasteiger partial charge in [0.25, 0.3) is 5.69 Å². The van der Waals surface area contributed by atoms with Gasteiger partial charge in [-0.1, -0.05) is 19.1 Å². The van der Waals surface area contributed by atoms with Gasteiger partial charge in [-0.3, -0.25) is 10.1 Å². The van der Waals surface area contributed by atoms with Crippen molar-refractivity contribution < 1.29 is 24.4 Å². The molecule has 0 aromatic heterocycles. The van der Waals surface area contributed by atoms with Crippen LogP contribution < -0.4 is 5.32 Å². The summed E-state index contributed by atoms with van der Waals surface area (Å²) in [5.74, 6) is 0.0797. The zero-order valence-electron chi connectivity index (χ0n) is 16.4. The van der Waals surface area contributed by atoms with Crippen molar-refractivity contribution in [2.75, 3.05) is 6.61 Å². The molecule has 0 aliphatic carbocycles. The lowest BCUT2D eigenvalue weighted by Crippen LogP contribution is -2.31. The van der Waals surface area contributed by atoms with Crippen molar-refractivity contribution in [3.05, 3.63) is 68.7 Å². The van der Waals surface area contributed by atoms with E-state index in [-0.39, 0.29) is 24.3 Å². The third-order valence-electron chi connectivity index (χ3n) is 4.59. The molecule has 1 aromatic carbocycles. The van der Waals surface area contributed by atoms with Crippen LogP contribution in [0.4, 0.5) is 5.69 Å². The molecule has 0 bridgehead atoms. The molecule has 1 aliphatic heterocycles. The number of rotatable bonds is 10. The minimum atomic E-state index is -1.14. The molecule has 1 aliphatic rings. The maximum absolute atomic E-state index is 12.1. The second-order valence-electron chi connectivity index (χ2n) is 6.42. The number of nitriles is 1. The van der Waals surface area contributed by atoms with E-state index in [1.807, 2.05) is 13.0 Å². The summed E-state index contributed by atoms with van der Waals surface area (Å²) in [6.45, 7) is 1.86. The van der Waals surface area contributed by atoms with E-state index in [0.29, 0.717) is 42.0 Å². The van der Waals surface area contributed by atoms with Crippen molar-refractivity contribution in [3.63, 3.8) is 0 Å². The fourth-order valence-electron chi connectivity index (χ4n) is 3.27. The third kappa shape index (κ3) is 5.13. The molecule has 0 amide bonds. The molecule has 0 spiro atoms. The van der Waals surface area contributed by atoms with Gasteiger partial charge in [0.2, 0.25) is 0 Å². The van der Waals surface area contributed by atoms with E-state index in [0.717, 1.165) is 0 Å². The Hall–Kier alpha value is -3.89. The number of nitrogens with one attached hydrogen (secondary N) is 1. The molecular formula is C21H21N3O6. The summed E-state index contributed by atoms with van der Waals surface area (Å²) in [7, 11) is 0. The van der Waals surface area contributed by atoms with Crippen LogP contribution in [0.1, 0.15) is 44.1 Å². The highest BCUT2D eigenvalue weighted by Crippen LogP contribution is 2.40. The van der Waals surface area contributed by atoms with Gasteiger partial charge in [-0.25, -0.2) is 9.59 Å². The SMILES string of the molecule is CCC1=C(C(=O)O)C(c2ccc([N+](=O)[O-])cc2)C(OCCC#N)=C(CCC=C=O)N1. The van der Waals surface area contributed by atoms with Gasteiger partial charge in [0.15, 0.2) is 0 Å². The highest BCUT2D eigenvalue weighted by Gasteiger charge is 2.36. The molecule has 1 unspecified atom stereocenters. The summed E-state index contributed by atoms with van der Waals surface area (Å²) < 4.78 is 5.84. The molecule has 0 saturated carbocycles. The average Bonchev–Trinajstić information content (AvgIpc) is 2.74. The summed E-state index contributed by atoms with van der Waals surface area (Å²) in [6.07, 6.45) is 2.57. The van der Waals surface area contributed by atoms with Gasteiger partial charge in [-0.2, -0.15) is 5.26 Å². The number of hydrogen-bond acceptors (Lipinski definition) is 7. The number of nitro benzene ring substituents is 1. The van der Waals surface area contributed by atoms with E-state index >= 15 is 0 Å². The van der Waals surface area contributed by atoms with E-state index in [4.69, 9.17) is 10.00 Å². The molecule has 1 aromatic rings. The number of ether oxygens (including phenoxy) is 1. The van der Waals surface area contributed by atoms with E-state index in [2.05, 4.69) is 5.32 Å². The molecular weight excluding hydrogens is 390 g/mol. The molecule has 2 rings (SSSR count). The highest BCUT2D eigenvalue weighted by molar-refractivity contribution is 5.91. The Balaban J connectivity index is 2.62. The highest BCUT2D eigenvalue weighted by atomic mass is 16.6. The predicted octanol–water partition coefficient (Wildman–Crippen LogP) is 3.34. The Morgan fingerprint density at radius 1 is 1.37 bits per heavy atom. The first-order valence-corrected chi connectivity index (χ1v) is 9.34. The number of carboxylic acid groups (broad SMARTS) is 1. The predicted molar refractivity (Wildman–Crippen MR) is 107 cm³/mol. The number of non-ortho nitro benzene ring substituents is 1. The Bertz CT molecular complexity index is 965. The summed E-state index contributed by atoms with van der Waals surface area (Å²) in [5.41, 5.74) is 1.57. The molecule has 156 valence electrons. The Labute approximate surface area is 173 Å². The summed E-state index contributed by atoms with van der Waals surface area (Å²) >= 11 is 0. The number of carboxylic acids is 1. The minimum Gasteiger partial charge on any atom is -0.494 e. The van der Waals surface area contributed by atoms with Gasteiger partial charge < -0.3 is 15.2 Å². The van der Waals surface area contributed by atoms with Crippen LogP contribution in [0.3, 0.4) is 0 Å². The number of hydrogen-bond donors (Lipinski definition) is 2.